The van der Waals surface area contributed by atoms with Gasteiger partial charge in [-0.2, -0.15) is 4.98 Å². The van der Waals surface area contributed by atoms with Crippen LogP contribution in [0.25, 0.3) is 0 Å². The van der Waals surface area contributed by atoms with Gasteiger partial charge in [-0.15, -0.1) is 0 Å². The molecule has 1 aromatic heterocycles. The van der Waals surface area contributed by atoms with Crippen molar-refractivity contribution in [2.75, 3.05) is 18.2 Å². The summed E-state index contributed by atoms with van der Waals surface area (Å²) in [6.07, 6.45) is -2.29. The third-order valence-electron chi connectivity index (χ3n) is 3.38. The zero-order valence-corrected chi connectivity index (χ0v) is 12.5. The number of halogens is 2. The summed E-state index contributed by atoms with van der Waals surface area (Å²) in [5, 5.41) is 22.5. The second-order valence-corrected chi connectivity index (χ2v) is 5.34. The molecule has 2 rings (SSSR count). The van der Waals surface area contributed by atoms with Gasteiger partial charge in [0.2, 0.25) is 5.28 Å². The number of rotatable bonds is 3. The van der Waals surface area contributed by atoms with Crippen LogP contribution in [-0.4, -0.2) is 51.5 Å². The van der Waals surface area contributed by atoms with Crippen LogP contribution >= 0.6 is 23.2 Å². The third-order valence-corrected chi connectivity index (χ3v) is 3.84. The molecule has 116 valence electrons. The monoisotopic (exact) mass is 336 g/mol. The number of ether oxygens (including phenoxy) is 1. The standard InChI is InChI=1S/C11H14Cl2N4O4/c1-21-10(20)3-2-4(7(19)6(3)18)15-9-5(14)8(12)16-11(13)17-9/h3-4,6-7,18-19H,2,14H2,1H3,(H,15,16,17). The fourth-order valence-electron chi connectivity index (χ4n) is 2.26. The average Bonchev–Trinajstić information content (AvgIpc) is 2.72. The highest BCUT2D eigenvalue weighted by atomic mass is 35.5. The lowest BCUT2D eigenvalue weighted by molar-refractivity contribution is -0.149. The first-order valence-corrected chi connectivity index (χ1v) is 6.79. The zero-order valence-electron chi connectivity index (χ0n) is 11.0. The number of esters is 1. The molecule has 21 heavy (non-hydrogen) atoms. The highest BCUT2D eigenvalue weighted by molar-refractivity contribution is 6.34. The molecule has 0 aromatic carbocycles. The SMILES string of the molecule is COC(=O)C1CC(Nc2nc(Cl)nc(Cl)c2N)C(O)C1O. The van der Waals surface area contributed by atoms with E-state index in [4.69, 9.17) is 28.9 Å². The van der Waals surface area contributed by atoms with Crippen molar-refractivity contribution in [1.29, 1.82) is 0 Å². The van der Waals surface area contributed by atoms with E-state index in [1.54, 1.807) is 0 Å². The minimum absolute atomic E-state index is 0.0324. The Morgan fingerprint density at radius 3 is 2.67 bits per heavy atom. The second kappa shape index (κ2) is 6.18. The van der Waals surface area contributed by atoms with Gasteiger partial charge < -0.3 is 26.0 Å². The molecule has 1 fully saturated rings. The summed E-state index contributed by atoms with van der Waals surface area (Å²) in [5.41, 5.74) is 5.78. The Balaban J connectivity index is 2.19. The van der Waals surface area contributed by atoms with Gasteiger partial charge in [-0.3, -0.25) is 4.79 Å². The number of aliphatic hydroxyl groups excluding tert-OH is 2. The molecule has 0 spiro atoms. The van der Waals surface area contributed by atoms with Crippen molar-refractivity contribution in [2.24, 2.45) is 5.92 Å². The van der Waals surface area contributed by atoms with Gasteiger partial charge in [0.1, 0.15) is 11.8 Å². The Bertz CT molecular complexity index is 559. The number of nitrogens with zero attached hydrogens (tertiary/aromatic N) is 2. The Labute approximate surface area is 130 Å². The minimum Gasteiger partial charge on any atom is -0.469 e. The van der Waals surface area contributed by atoms with Crippen molar-refractivity contribution in [1.82, 2.24) is 9.97 Å². The maximum atomic E-state index is 11.5. The van der Waals surface area contributed by atoms with Crippen LogP contribution in [0, 0.1) is 5.92 Å². The zero-order chi connectivity index (χ0) is 15.7. The molecule has 1 aromatic rings. The summed E-state index contributed by atoms with van der Waals surface area (Å²) in [5.74, 6) is -1.31. The fraction of sp³-hybridized carbons (Fsp3) is 0.545. The molecule has 1 saturated carbocycles. The molecule has 8 nitrogen and oxygen atoms in total. The van der Waals surface area contributed by atoms with Crippen molar-refractivity contribution in [3.05, 3.63) is 10.4 Å². The lowest BCUT2D eigenvalue weighted by atomic mass is 10.1. The molecule has 0 aliphatic heterocycles. The van der Waals surface area contributed by atoms with Gasteiger partial charge in [0.15, 0.2) is 11.0 Å². The van der Waals surface area contributed by atoms with E-state index in [0.29, 0.717) is 0 Å². The van der Waals surface area contributed by atoms with Crippen LogP contribution in [-0.2, 0) is 9.53 Å². The highest BCUT2D eigenvalue weighted by Crippen LogP contribution is 2.32. The molecular formula is C11H14Cl2N4O4. The second-order valence-electron chi connectivity index (χ2n) is 4.64. The number of carbonyl (C=O) groups excluding carboxylic acids is 1. The molecule has 1 heterocycles. The van der Waals surface area contributed by atoms with Crippen LogP contribution < -0.4 is 11.1 Å². The minimum atomic E-state index is -1.25. The first-order valence-electron chi connectivity index (χ1n) is 6.04. The van der Waals surface area contributed by atoms with Gasteiger partial charge in [0, 0.05) is 0 Å². The predicted octanol–water partition coefficient (Wildman–Crippen LogP) is 0.0608. The quantitative estimate of drug-likeness (QED) is 0.346. The Kier molecular flexibility index (Phi) is 4.72. The summed E-state index contributed by atoms with van der Waals surface area (Å²) in [6, 6.07) is -0.659. The number of hydrogen-bond donors (Lipinski definition) is 4. The number of carbonyl (C=O) groups is 1. The maximum Gasteiger partial charge on any atom is 0.311 e. The van der Waals surface area contributed by atoms with Crippen molar-refractivity contribution in [3.63, 3.8) is 0 Å². The molecule has 0 amide bonds. The van der Waals surface area contributed by atoms with E-state index in [0.717, 1.165) is 0 Å². The first kappa shape index (κ1) is 16.0. The number of aliphatic hydroxyl groups is 2. The van der Waals surface area contributed by atoms with Gasteiger partial charge in [-0.25, -0.2) is 4.98 Å². The maximum absolute atomic E-state index is 11.5. The highest BCUT2D eigenvalue weighted by Gasteiger charge is 2.46. The van der Waals surface area contributed by atoms with Gasteiger partial charge in [0.25, 0.3) is 0 Å². The predicted molar refractivity (Wildman–Crippen MR) is 76.0 cm³/mol. The Morgan fingerprint density at radius 1 is 1.38 bits per heavy atom. The van der Waals surface area contributed by atoms with Crippen LogP contribution in [0.2, 0.25) is 10.4 Å². The molecule has 4 unspecified atom stereocenters. The summed E-state index contributed by atoms with van der Waals surface area (Å²) in [6.45, 7) is 0. The molecule has 0 bridgehead atoms. The lowest BCUT2D eigenvalue weighted by Crippen LogP contribution is -2.36. The summed E-state index contributed by atoms with van der Waals surface area (Å²) < 4.78 is 4.58. The van der Waals surface area contributed by atoms with E-state index in [2.05, 4.69) is 20.0 Å². The average molecular weight is 337 g/mol. The number of nitrogen functional groups attached to an aromatic ring is 1. The third kappa shape index (κ3) is 3.13. The number of nitrogens with one attached hydrogen (secondary N) is 1. The number of nitrogens with two attached hydrogens (primary N) is 1. The van der Waals surface area contributed by atoms with Gasteiger partial charge in [-0.05, 0) is 18.0 Å². The van der Waals surface area contributed by atoms with Crippen LogP contribution in [0.15, 0.2) is 0 Å². The van der Waals surface area contributed by atoms with Crippen LogP contribution in [0.3, 0.4) is 0 Å². The molecule has 4 atom stereocenters. The van der Waals surface area contributed by atoms with Crippen molar-refractivity contribution in [2.45, 2.75) is 24.7 Å². The van der Waals surface area contributed by atoms with E-state index >= 15 is 0 Å². The first-order chi connectivity index (χ1) is 9.85. The Hall–Kier alpha value is -1.35. The topological polar surface area (TPSA) is 131 Å². The molecule has 10 heteroatoms. The van der Waals surface area contributed by atoms with E-state index < -0.39 is 30.1 Å². The van der Waals surface area contributed by atoms with E-state index in [1.807, 2.05) is 0 Å². The lowest BCUT2D eigenvalue weighted by Gasteiger charge is -2.19. The largest absolute Gasteiger partial charge is 0.469 e. The van der Waals surface area contributed by atoms with Crippen molar-refractivity contribution >= 4 is 40.7 Å². The van der Waals surface area contributed by atoms with Crippen LogP contribution in [0.4, 0.5) is 11.5 Å². The number of hydrogen-bond acceptors (Lipinski definition) is 8. The molecule has 0 saturated heterocycles. The van der Waals surface area contributed by atoms with Gasteiger partial charge in [-0.1, -0.05) is 11.6 Å². The van der Waals surface area contributed by atoms with E-state index in [-0.39, 0.29) is 28.4 Å². The number of methoxy groups -OCH3 is 1. The van der Waals surface area contributed by atoms with Crippen LogP contribution in [0.1, 0.15) is 6.42 Å². The van der Waals surface area contributed by atoms with E-state index in [1.165, 1.54) is 7.11 Å². The van der Waals surface area contributed by atoms with Gasteiger partial charge >= 0.3 is 5.97 Å². The van der Waals surface area contributed by atoms with E-state index in [9.17, 15) is 15.0 Å². The smallest absolute Gasteiger partial charge is 0.311 e. The molecule has 1 aliphatic carbocycles. The molecule has 1 aliphatic rings. The van der Waals surface area contributed by atoms with Gasteiger partial charge in [0.05, 0.1) is 25.2 Å². The number of anilines is 2. The van der Waals surface area contributed by atoms with Crippen molar-refractivity contribution in [3.8, 4) is 0 Å². The molecule has 0 radical (unpaired) electrons. The Morgan fingerprint density at radius 2 is 2.05 bits per heavy atom. The summed E-state index contributed by atoms with van der Waals surface area (Å²) >= 11 is 11.5. The fourth-order valence-corrected chi connectivity index (χ4v) is 2.64. The normalized spacial score (nSPS) is 28.4. The van der Waals surface area contributed by atoms with Crippen LogP contribution in [0.5, 0.6) is 0 Å². The molecular weight excluding hydrogens is 323 g/mol. The summed E-state index contributed by atoms with van der Waals surface area (Å²) in [7, 11) is 1.21. The summed E-state index contributed by atoms with van der Waals surface area (Å²) in [4.78, 5) is 19.1. The van der Waals surface area contributed by atoms with Crippen molar-refractivity contribution < 1.29 is 19.7 Å². The molecule has 5 N–H and O–H groups in total. The number of aromatic nitrogens is 2.